The number of aromatic nitrogens is 4. The molecule has 2 aromatic carbocycles. The third kappa shape index (κ3) is 4.57. The van der Waals surface area contributed by atoms with Crippen LogP contribution in [0, 0.1) is 11.6 Å². The number of rotatable bonds is 5. The molecule has 1 fully saturated rings. The summed E-state index contributed by atoms with van der Waals surface area (Å²) in [5, 5.41) is 3.35. The van der Waals surface area contributed by atoms with E-state index in [4.69, 9.17) is 9.72 Å². The van der Waals surface area contributed by atoms with Gasteiger partial charge >= 0.3 is 0 Å². The fourth-order valence-electron chi connectivity index (χ4n) is 5.03. The monoisotopic (exact) mass is 505 g/mol. The maximum atomic E-state index is 15.0. The Morgan fingerprint density at radius 2 is 1.86 bits per heavy atom. The fraction of sp³-hybridized carbons (Fsp3) is 0.370. The molecule has 37 heavy (non-hydrogen) atoms. The smallest absolute Gasteiger partial charge is 0.203 e. The standard InChI is InChI=1S/C27H29F2N7O/c1-16(2)36-9-10-37-26-19(28)13-18(14-23(26)36)25-20(29)15-31-24(34-25)12-17-3-4-21-22(11-17)33-27(32-21)35-7-5-30-6-8-35/h3-4,11,13-16,30H,5-10,12H2,1-2H3,(H,32,33). The second-order valence-electron chi connectivity index (χ2n) is 9.75. The van der Waals surface area contributed by atoms with E-state index in [0.717, 1.165) is 54.9 Å². The summed E-state index contributed by atoms with van der Waals surface area (Å²) >= 11 is 0. The highest BCUT2D eigenvalue weighted by molar-refractivity contribution is 5.78. The summed E-state index contributed by atoms with van der Waals surface area (Å²) in [5.74, 6) is 0.393. The van der Waals surface area contributed by atoms with Crippen molar-refractivity contribution in [1.29, 1.82) is 0 Å². The number of ether oxygens (including phenoxy) is 1. The Hall–Kier alpha value is -3.79. The van der Waals surface area contributed by atoms with E-state index in [9.17, 15) is 8.78 Å². The van der Waals surface area contributed by atoms with Gasteiger partial charge in [0.2, 0.25) is 5.95 Å². The molecule has 4 heterocycles. The highest BCUT2D eigenvalue weighted by Crippen LogP contribution is 2.39. The zero-order valence-electron chi connectivity index (χ0n) is 20.9. The molecule has 2 N–H and O–H groups in total. The number of anilines is 2. The first-order valence-corrected chi connectivity index (χ1v) is 12.7. The van der Waals surface area contributed by atoms with Crippen molar-refractivity contribution in [3.8, 4) is 17.0 Å². The summed E-state index contributed by atoms with van der Waals surface area (Å²) in [6.45, 7) is 8.79. The topological polar surface area (TPSA) is 82.2 Å². The molecular weight excluding hydrogens is 476 g/mol. The van der Waals surface area contributed by atoms with Crippen LogP contribution in [-0.2, 0) is 6.42 Å². The second-order valence-corrected chi connectivity index (χ2v) is 9.75. The van der Waals surface area contributed by atoms with Crippen LogP contribution >= 0.6 is 0 Å². The molecule has 4 aromatic rings. The SMILES string of the molecule is CC(C)N1CCOc2c(F)cc(-c3nc(Cc4ccc5nc(N6CCNCC6)[nH]c5c4)ncc3F)cc21. The minimum absolute atomic E-state index is 0.0737. The summed E-state index contributed by atoms with van der Waals surface area (Å²) in [6, 6.07) is 9.15. The third-order valence-electron chi connectivity index (χ3n) is 6.92. The van der Waals surface area contributed by atoms with E-state index in [2.05, 4.69) is 30.1 Å². The van der Waals surface area contributed by atoms with Gasteiger partial charge in [-0.15, -0.1) is 0 Å². The maximum Gasteiger partial charge on any atom is 0.203 e. The van der Waals surface area contributed by atoms with Gasteiger partial charge in [0.05, 0.1) is 29.5 Å². The van der Waals surface area contributed by atoms with E-state index >= 15 is 0 Å². The highest BCUT2D eigenvalue weighted by atomic mass is 19.1. The van der Waals surface area contributed by atoms with Crippen LogP contribution in [0.25, 0.3) is 22.3 Å². The Bertz CT molecular complexity index is 1450. The number of hydrogen-bond acceptors (Lipinski definition) is 7. The highest BCUT2D eigenvalue weighted by Gasteiger charge is 2.26. The lowest BCUT2D eigenvalue weighted by atomic mass is 10.1. The normalized spacial score (nSPS) is 15.8. The Morgan fingerprint density at radius 3 is 2.68 bits per heavy atom. The van der Waals surface area contributed by atoms with Crippen molar-refractivity contribution in [2.24, 2.45) is 0 Å². The number of hydrogen-bond donors (Lipinski definition) is 2. The van der Waals surface area contributed by atoms with E-state index < -0.39 is 11.6 Å². The Kier molecular flexibility index (Phi) is 6.11. The van der Waals surface area contributed by atoms with Crippen LogP contribution in [-0.4, -0.2) is 65.3 Å². The molecule has 0 unspecified atom stereocenters. The number of fused-ring (bicyclic) bond motifs is 2. The zero-order chi connectivity index (χ0) is 25.5. The van der Waals surface area contributed by atoms with Crippen molar-refractivity contribution < 1.29 is 13.5 Å². The first-order valence-electron chi connectivity index (χ1n) is 12.7. The Labute approximate surface area is 213 Å². The van der Waals surface area contributed by atoms with Crippen LogP contribution in [0.2, 0.25) is 0 Å². The summed E-state index contributed by atoms with van der Waals surface area (Å²) in [6.07, 6.45) is 1.56. The molecule has 0 spiro atoms. The average molecular weight is 506 g/mol. The van der Waals surface area contributed by atoms with E-state index in [0.29, 0.717) is 36.6 Å². The Balaban J connectivity index is 1.30. The number of piperazine rings is 1. The van der Waals surface area contributed by atoms with Crippen LogP contribution in [0.5, 0.6) is 5.75 Å². The van der Waals surface area contributed by atoms with E-state index in [-0.39, 0.29) is 17.5 Å². The molecule has 2 aliphatic heterocycles. The Morgan fingerprint density at radius 1 is 1.03 bits per heavy atom. The van der Waals surface area contributed by atoms with Gasteiger partial charge in [-0.1, -0.05) is 6.07 Å². The fourth-order valence-corrected chi connectivity index (χ4v) is 5.03. The number of H-pyrrole nitrogens is 1. The number of benzene rings is 2. The van der Waals surface area contributed by atoms with Gasteiger partial charge in [0.1, 0.15) is 18.1 Å². The number of halogens is 2. The van der Waals surface area contributed by atoms with Crippen LogP contribution in [0.15, 0.2) is 36.5 Å². The van der Waals surface area contributed by atoms with Gasteiger partial charge in [0, 0.05) is 44.2 Å². The van der Waals surface area contributed by atoms with Gasteiger partial charge in [-0.2, -0.15) is 0 Å². The van der Waals surface area contributed by atoms with E-state index in [1.54, 1.807) is 6.07 Å². The molecule has 10 heteroatoms. The molecule has 0 atom stereocenters. The lowest BCUT2D eigenvalue weighted by Gasteiger charge is -2.34. The molecule has 1 saturated heterocycles. The molecule has 192 valence electrons. The largest absolute Gasteiger partial charge is 0.486 e. The third-order valence-corrected chi connectivity index (χ3v) is 6.92. The second kappa shape index (κ2) is 9.59. The van der Waals surface area contributed by atoms with Crippen molar-refractivity contribution in [3.05, 3.63) is 59.6 Å². The van der Waals surface area contributed by atoms with Crippen molar-refractivity contribution in [3.63, 3.8) is 0 Å². The summed E-state index contributed by atoms with van der Waals surface area (Å²) in [4.78, 5) is 21.1. The molecule has 0 radical (unpaired) electrons. The lowest BCUT2D eigenvalue weighted by molar-refractivity contribution is 0.287. The van der Waals surface area contributed by atoms with Crippen LogP contribution in [0.3, 0.4) is 0 Å². The number of aromatic amines is 1. The maximum absolute atomic E-state index is 15.0. The number of nitrogens with one attached hydrogen (secondary N) is 2. The average Bonchev–Trinajstić information content (AvgIpc) is 3.33. The predicted octanol–water partition coefficient (Wildman–Crippen LogP) is 3.91. The molecule has 2 aliphatic rings. The molecule has 2 aromatic heterocycles. The van der Waals surface area contributed by atoms with Crippen LogP contribution < -0.4 is 19.9 Å². The zero-order valence-corrected chi connectivity index (χ0v) is 20.9. The van der Waals surface area contributed by atoms with Gasteiger partial charge in [0.25, 0.3) is 0 Å². The quantitative estimate of drug-likeness (QED) is 0.426. The summed E-state index contributed by atoms with van der Waals surface area (Å²) < 4.78 is 35.4. The van der Waals surface area contributed by atoms with Crippen molar-refractivity contribution >= 4 is 22.7 Å². The van der Waals surface area contributed by atoms with Crippen molar-refractivity contribution in [2.75, 3.05) is 49.1 Å². The molecule has 6 rings (SSSR count). The molecular formula is C27H29F2N7O. The summed E-state index contributed by atoms with van der Waals surface area (Å²) in [7, 11) is 0. The van der Waals surface area contributed by atoms with Gasteiger partial charge in [-0.3, -0.25) is 0 Å². The number of imidazole rings is 1. The lowest BCUT2D eigenvalue weighted by Crippen LogP contribution is -2.44. The first-order chi connectivity index (χ1) is 18.0. The van der Waals surface area contributed by atoms with Gasteiger partial charge in [0.15, 0.2) is 17.4 Å². The molecule has 0 amide bonds. The minimum Gasteiger partial charge on any atom is -0.486 e. The minimum atomic E-state index is -0.597. The molecule has 0 aliphatic carbocycles. The van der Waals surface area contributed by atoms with Crippen LogP contribution in [0.4, 0.5) is 20.4 Å². The van der Waals surface area contributed by atoms with E-state index in [1.807, 2.05) is 32.0 Å². The van der Waals surface area contributed by atoms with Gasteiger partial charge < -0.3 is 24.8 Å². The van der Waals surface area contributed by atoms with Gasteiger partial charge in [-0.05, 0) is 43.7 Å². The molecule has 8 nitrogen and oxygen atoms in total. The van der Waals surface area contributed by atoms with Crippen molar-refractivity contribution in [1.82, 2.24) is 25.3 Å². The summed E-state index contributed by atoms with van der Waals surface area (Å²) in [5.41, 5.74) is 3.83. The van der Waals surface area contributed by atoms with Gasteiger partial charge in [-0.25, -0.2) is 23.7 Å². The first kappa shape index (κ1) is 23.6. The molecule has 0 bridgehead atoms. The number of nitrogens with zero attached hydrogens (tertiary/aromatic N) is 5. The van der Waals surface area contributed by atoms with Crippen molar-refractivity contribution in [2.45, 2.75) is 26.3 Å². The van der Waals surface area contributed by atoms with Crippen LogP contribution in [0.1, 0.15) is 25.2 Å². The predicted molar refractivity (Wildman–Crippen MR) is 139 cm³/mol. The van der Waals surface area contributed by atoms with E-state index in [1.165, 1.54) is 6.07 Å². The molecule has 0 saturated carbocycles.